The van der Waals surface area contributed by atoms with Crippen LogP contribution in [-0.2, 0) is 0 Å². The second-order valence-electron chi connectivity index (χ2n) is 14.2. The minimum absolute atomic E-state index is 0.862. The first-order valence-electron chi connectivity index (χ1n) is 19.0. The Morgan fingerprint density at radius 1 is 0.464 bits per heavy atom. The van der Waals surface area contributed by atoms with Crippen LogP contribution >= 0.6 is 0 Å². The molecule has 0 N–H and O–H groups in total. The summed E-state index contributed by atoms with van der Waals surface area (Å²) >= 11 is 0. The molecule has 0 aliphatic carbocycles. The van der Waals surface area contributed by atoms with Crippen LogP contribution in [-0.4, -0.2) is 0 Å². The molecule has 1 aromatic heterocycles. The van der Waals surface area contributed by atoms with E-state index in [1.807, 2.05) is 12.2 Å². The van der Waals surface area contributed by atoms with Crippen LogP contribution in [0.15, 0.2) is 223 Å². The summed E-state index contributed by atoms with van der Waals surface area (Å²) in [6.07, 6.45) is 8.29. The van der Waals surface area contributed by atoms with Crippen LogP contribution < -0.4 is 4.90 Å². The molecule has 264 valence electrons. The molecule has 0 spiro atoms. The molecule has 1 heterocycles. The number of nitrogens with zero attached hydrogens (tertiary/aromatic N) is 1. The highest BCUT2D eigenvalue weighted by Gasteiger charge is 2.19. The van der Waals surface area contributed by atoms with E-state index < -0.39 is 0 Å². The predicted molar refractivity (Wildman–Crippen MR) is 239 cm³/mol. The summed E-state index contributed by atoms with van der Waals surface area (Å²) in [6.45, 7) is 4.07. The van der Waals surface area contributed by atoms with Crippen molar-refractivity contribution in [2.45, 2.75) is 0 Å². The summed E-state index contributed by atoms with van der Waals surface area (Å²) in [5.74, 6) is 0. The predicted octanol–water partition coefficient (Wildman–Crippen LogP) is 15.3. The topological polar surface area (TPSA) is 16.4 Å². The highest BCUT2D eigenvalue weighted by Crippen LogP contribution is 2.41. The smallest absolute Gasteiger partial charge is 0.136 e. The van der Waals surface area contributed by atoms with Gasteiger partial charge in [-0.3, -0.25) is 0 Å². The van der Waals surface area contributed by atoms with Crippen molar-refractivity contribution in [1.82, 2.24) is 0 Å². The Hall–Kier alpha value is -7.42. The van der Waals surface area contributed by atoms with E-state index in [1.165, 1.54) is 43.6 Å². The fourth-order valence-corrected chi connectivity index (χ4v) is 8.13. The second-order valence-corrected chi connectivity index (χ2v) is 14.2. The third-order valence-electron chi connectivity index (χ3n) is 10.8. The fourth-order valence-electron chi connectivity index (χ4n) is 8.13. The van der Waals surface area contributed by atoms with Gasteiger partial charge in [-0.1, -0.05) is 164 Å². The molecule has 0 amide bonds. The molecule has 2 heteroatoms. The summed E-state index contributed by atoms with van der Waals surface area (Å²) in [5.41, 5.74) is 10.7. The van der Waals surface area contributed by atoms with Crippen molar-refractivity contribution in [1.29, 1.82) is 0 Å². The van der Waals surface area contributed by atoms with Crippen LogP contribution in [0.3, 0.4) is 0 Å². The van der Waals surface area contributed by atoms with Gasteiger partial charge in [-0.2, -0.15) is 0 Å². The van der Waals surface area contributed by atoms with E-state index in [-0.39, 0.29) is 0 Å². The lowest BCUT2D eigenvalue weighted by Gasteiger charge is -2.28. The van der Waals surface area contributed by atoms with Gasteiger partial charge >= 0.3 is 0 Å². The van der Waals surface area contributed by atoms with Crippen LogP contribution in [0.2, 0.25) is 0 Å². The average Bonchev–Trinajstić information content (AvgIpc) is 3.63. The number of furan rings is 1. The zero-order valence-corrected chi connectivity index (χ0v) is 30.8. The molecule has 0 atom stereocenters. The molecule has 10 rings (SSSR count). The summed E-state index contributed by atoms with van der Waals surface area (Å²) in [5, 5.41) is 9.37. The molecule has 0 saturated heterocycles. The highest BCUT2D eigenvalue weighted by molar-refractivity contribution is 6.14. The van der Waals surface area contributed by atoms with E-state index in [2.05, 4.69) is 212 Å². The molecule has 10 aromatic rings. The Kier molecular flexibility index (Phi) is 8.35. The van der Waals surface area contributed by atoms with Gasteiger partial charge in [0.05, 0.1) is 5.69 Å². The number of benzene rings is 9. The lowest BCUT2D eigenvalue weighted by Crippen LogP contribution is -2.15. The molecule has 0 aliphatic heterocycles. The third-order valence-corrected chi connectivity index (χ3v) is 10.8. The third kappa shape index (κ3) is 5.95. The summed E-state index contributed by atoms with van der Waals surface area (Å²) in [6, 6.07) is 67.2. The number of anilines is 2. The largest absolute Gasteiger partial charge is 0.456 e. The van der Waals surface area contributed by atoms with E-state index in [1.54, 1.807) is 0 Å². The SMILES string of the molecule is C=C/C=C\C(=C\c1cccc2oc3cc4ccccc4cc3c12)N(c1ccc(-c2cccc(-c3ccccc3)c2)cc1)c1cccc2c1ccc1ccccc12. The van der Waals surface area contributed by atoms with Gasteiger partial charge in [0.2, 0.25) is 0 Å². The summed E-state index contributed by atoms with van der Waals surface area (Å²) in [7, 11) is 0. The maximum Gasteiger partial charge on any atom is 0.136 e. The molecule has 9 aromatic carbocycles. The fraction of sp³-hybridized carbons (Fsp3) is 0. The lowest BCUT2D eigenvalue weighted by atomic mass is 9.98. The maximum atomic E-state index is 6.51. The van der Waals surface area contributed by atoms with Crippen molar-refractivity contribution in [3.63, 3.8) is 0 Å². The first kappa shape index (κ1) is 33.2. The van der Waals surface area contributed by atoms with Gasteiger partial charge in [-0.25, -0.2) is 0 Å². The summed E-state index contributed by atoms with van der Waals surface area (Å²) < 4.78 is 6.51. The number of hydrogen-bond acceptors (Lipinski definition) is 2. The molecule has 0 fully saturated rings. The quantitative estimate of drug-likeness (QED) is 0.115. The Balaban J connectivity index is 1.18. The molecule has 2 nitrogen and oxygen atoms in total. The molecular formula is C54H37NO. The van der Waals surface area contributed by atoms with Crippen molar-refractivity contribution < 1.29 is 4.42 Å². The van der Waals surface area contributed by atoms with Gasteiger partial charge in [0, 0.05) is 27.5 Å². The number of rotatable bonds is 8. The van der Waals surface area contributed by atoms with Gasteiger partial charge in [0.1, 0.15) is 11.2 Å². The second kappa shape index (κ2) is 14.1. The zero-order chi connectivity index (χ0) is 37.4. The van der Waals surface area contributed by atoms with E-state index in [4.69, 9.17) is 4.42 Å². The molecular weight excluding hydrogens is 679 g/mol. The first-order chi connectivity index (χ1) is 27.7. The van der Waals surface area contributed by atoms with Crippen molar-refractivity contribution in [3.8, 4) is 22.3 Å². The monoisotopic (exact) mass is 715 g/mol. The Morgan fingerprint density at radius 3 is 1.93 bits per heavy atom. The van der Waals surface area contributed by atoms with Crippen molar-refractivity contribution in [2.75, 3.05) is 4.90 Å². The number of allylic oxidation sites excluding steroid dienone is 3. The van der Waals surface area contributed by atoms with E-state index >= 15 is 0 Å². The maximum absolute atomic E-state index is 6.51. The number of hydrogen-bond donors (Lipinski definition) is 0. The van der Waals surface area contributed by atoms with Crippen LogP contribution in [0.5, 0.6) is 0 Å². The van der Waals surface area contributed by atoms with Crippen molar-refractivity contribution >= 4 is 71.7 Å². The van der Waals surface area contributed by atoms with Crippen molar-refractivity contribution in [2.24, 2.45) is 0 Å². The van der Waals surface area contributed by atoms with Gasteiger partial charge < -0.3 is 9.32 Å². The van der Waals surface area contributed by atoms with Crippen LogP contribution in [0.4, 0.5) is 11.4 Å². The van der Waals surface area contributed by atoms with Gasteiger partial charge in [0.25, 0.3) is 0 Å². The Bertz CT molecular complexity index is 3150. The molecule has 56 heavy (non-hydrogen) atoms. The van der Waals surface area contributed by atoms with Gasteiger partial charge in [-0.15, -0.1) is 0 Å². The van der Waals surface area contributed by atoms with Crippen LogP contribution in [0.1, 0.15) is 5.56 Å². The molecule has 0 aliphatic rings. The standard InChI is InChI=1S/C54H37NO/c1-2-3-22-46(34-44-21-12-26-52-54(44)50-35-42-17-7-8-18-43(42)36-53(50)56-52)55(51-25-13-24-48-47-23-10-9-16-39(47)29-32-49(48)51)45-30-27-38(28-31-45)41-20-11-19-40(33-41)37-14-5-4-6-15-37/h2-36H,1H2/b22-3-,46-34-. The minimum Gasteiger partial charge on any atom is -0.456 e. The molecule has 0 unspecified atom stereocenters. The lowest BCUT2D eigenvalue weighted by molar-refractivity contribution is 0.669. The average molecular weight is 716 g/mol. The first-order valence-corrected chi connectivity index (χ1v) is 19.0. The minimum atomic E-state index is 0.862. The van der Waals surface area contributed by atoms with E-state index in [9.17, 15) is 0 Å². The van der Waals surface area contributed by atoms with E-state index in [0.29, 0.717) is 0 Å². The summed E-state index contributed by atoms with van der Waals surface area (Å²) in [4.78, 5) is 2.37. The van der Waals surface area contributed by atoms with Gasteiger partial charge in [0.15, 0.2) is 0 Å². The normalized spacial score (nSPS) is 12.0. The van der Waals surface area contributed by atoms with Crippen LogP contribution in [0, 0.1) is 0 Å². The zero-order valence-electron chi connectivity index (χ0n) is 30.8. The molecule has 0 saturated carbocycles. The Morgan fingerprint density at radius 2 is 1.12 bits per heavy atom. The van der Waals surface area contributed by atoms with Gasteiger partial charge in [-0.05, 0) is 109 Å². The van der Waals surface area contributed by atoms with Crippen LogP contribution in [0.25, 0.3) is 82.6 Å². The highest BCUT2D eigenvalue weighted by atomic mass is 16.3. The Labute approximate surface area is 326 Å². The number of fused-ring (bicyclic) bond motifs is 7. The van der Waals surface area contributed by atoms with E-state index in [0.717, 1.165) is 55.5 Å². The molecule has 0 radical (unpaired) electrons. The van der Waals surface area contributed by atoms with Crippen molar-refractivity contribution in [3.05, 3.63) is 224 Å². The molecule has 0 bridgehead atoms.